The summed E-state index contributed by atoms with van der Waals surface area (Å²) >= 11 is 0. The molecule has 7 heteroatoms. The molecule has 0 spiro atoms. The summed E-state index contributed by atoms with van der Waals surface area (Å²) in [6.45, 7) is 4.42. The van der Waals surface area contributed by atoms with Crippen molar-refractivity contribution >= 4 is 11.9 Å². The average Bonchev–Trinajstić information content (AvgIpc) is 2.96. The molecule has 0 saturated carbocycles. The van der Waals surface area contributed by atoms with Crippen LogP contribution >= 0.6 is 0 Å². The minimum Gasteiger partial charge on any atom is -0.480 e. The summed E-state index contributed by atoms with van der Waals surface area (Å²) in [6.07, 6.45) is 2.15. The Morgan fingerprint density at radius 2 is 2.32 bits per heavy atom. The minimum absolute atomic E-state index is 0.169. The smallest absolute Gasteiger partial charge is 0.320 e. The lowest BCUT2D eigenvalue weighted by atomic mass is 10.1. The first-order chi connectivity index (χ1) is 8.97. The lowest BCUT2D eigenvalue weighted by Gasteiger charge is -2.10. The third-order valence-electron chi connectivity index (χ3n) is 3.13. The fraction of sp³-hybridized carbons (Fsp3) is 0.583. The van der Waals surface area contributed by atoms with Crippen LogP contribution in [0, 0.1) is 0 Å². The van der Waals surface area contributed by atoms with Gasteiger partial charge in [0.2, 0.25) is 0 Å². The molecule has 1 aromatic rings. The molecule has 2 atom stereocenters. The Kier molecular flexibility index (Phi) is 3.84. The molecular formula is C12H18N4O3. The molecule has 0 aliphatic carbocycles. The first kappa shape index (κ1) is 13.5. The van der Waals surface area contributed by atoms with E-state index in [-0.39, 0.29) is 18.0 Å². The number of carboxylic acid groups (broad SMARTS) is 1. The van der Waals surface area contributed by atoms with E-state index in [9.17, 15) is 9.59 Å². The van der Waals surface area contributed by atoms with Crippen LogP contribution in [-0.4, -0.2) is 45.4 Å². The third-order valence-corrected chi connectivity index (χ3v) is 3.13. The van der Waals surface area contributed by atoms with Gasteiger partial charge >= 0.3 is 5.97 Å². The summed E-state index contributed by atoms with van der Waals surface area (Å²) in [7, 11) is 0. The number of hydrogen-bond acceptors (Lipinski definition) is 4. The zero-order chi connectivity index (χ0) is 14.0. The molecule has 1 amide bonds. The Morgan fingerprint density at radius 1 is 1.58 bits per heavy atom. The van der Waals surface area contributed by atoms with Crippen LogP contribution < -0.4 is 10.6 Å². The van der Waals surface area contributed by atoms with Crippen molar-refractivity contribution in [2.24, 2.45) is 0 Å². The Morgan fingerprint density at radius 3 is 2.84 bits per heavy atom. The zero-order valence-corrected chi connectivity index (χ0v) is 11.0. The minimum atomic E-state index is -0.888. The number of carboxylic acids is 1. The maximum atomic E-state index is 12.0. The van der Waals surface area contributed by atoms with Crippen LogP contribution in [0.2, 0.25) is 0 Å². The molecule has 1 fully saturated rings. The topological polar surface area (TPSA) is 96.2 Å². The fourth-order valence-electron chi connectivity index (χ4n) is 2.04. The molecule has 1 aromatic heterocycles. The first-order valence-corrected chi connectivity index (χ1v) is 6.29. The normalized spacial score (nSPS) is 22.7. The van der Waals surface area contributed by atoms with Crippen LogP contribution in [0.15, 0.2) is 12.3 Å². The summed E-state index contributed by atoms with van der Waals surface area (Å²) in [5.41, 5.74) is 0.354. The lowest BCUT2D eigenvalue weighted by Crippen LogP contribution is -2.36. The number of rotatable bonds is 4. The van der Waals surface area contributed by atoms with Gasteiger partial charge in [0.1, 0.15) is 11.7 Å². The van der Waals surface area contributed by atoms with Crippen molar-refractivity contribution in [1.82, 2.24) is 20.4 Å². The van der Waals surface area contributed by atoms with Crippen molar-refractivity contribution in [2.75, 3.05) is 6.54 Å². The molecule has 104 valence electrons. The van der Waals surface area contributed by atoms with Gasteiger partial charge in [0, 0.05) is 24.8 Å². The van der Waals surface area contributed by atoms with Gasteiger partial charge in [-0.1, -0.05) is 0 Å². The fourth-order valence-corrected chi connectivity index (χ4v) is 2.04. The lowest BCUT2D eigenvalue weighted by molar-refractivity contribution is -0.139. The van der Waals surface area contributed by atoms with Crippen molar-refractivity contribution in [3.8, 4) is 0 Å². The number of hydrogen-bond donors (Lipinski definition) is 3. The maximum absolute atomic E-state index is 12.0. The summed E-state index contributed by atoms with van der Waals surface area (Å²) in [5, 5.41) is 18.7. The number of carbonyl (C=O) groups is 2. The number of amides is 1. The van der Waals surface area contributed by atoms with Crippen LogP contribution in [0.4, 0.5) is 0 Å². The number of aliphatic carboxylic acids is 1. The molecule has 0 aromatic carbocycles. The van der Waals surface area contributed by atoms with Crippen LogP contribution in [0.3, 0.4) is 0 Å². The van der Waals surface area contributed by atoms with Gasteiger partial charge < -0.3 is 15.7 Å². The van der Waals surface area contributed by atoms with Gasteiger partial charge in [-0.15, -0.1) is 0 Å². The molecule has 0 radical (unpaired) electrons. The van der Waals surface area contributed by atoms with E-state index in [1.54, 1.807) is 16.9 Å². The molecular weight excluding hydrogens is 248 g/mol. The third kappa shape index (κ3) is 3.11. The Hall–Kier alpha value is -1.89. The van der Waals surface area contributed by atoms with E-state index < -0.39 is 12.0 Å². The average molecular weight is 266 g/mol. The Labute approximate surface area is 111 Å². The highest BCUT2D eigenvalue weighted by Gasteiger charge is 2.30. The Bertz CT molecular complexity index is 483. The van der Waals surface area contributed by atoms with Gasteiger partial charge in [-0.2, -0.15) is 5.10 Å². The summed E-state index contributed by atoms with van der Waals surface area (Å²) in [5.74, 6) is -1.15. The standard InChI is InChI=1S/C12H18N4O3/c1-7(2)16-4-3-9(15-16)11(17)14-8-5-10(12(18)19)13-6-8/h3-4,7-8,10,13H,5-6H2,1-2H3,(H,14,17)(H,18,19)/t8-,10-/m0/s1. The van der Waals surface area contributed by atoms with Crippen LogP contribution in [-0.2, 0) is 4.79 Å². The van der Waals surface area contributed by atoms with Gasteiger partial charge in [-0.05, 0) is 26.3 Å². The second-order valence-electron chi connectivity index (χ2n) is 4.98. The molecule has 3 N–H and O–H groups in total. The molecule has 7 nitrogen and oxygen atoms in total. The van der Waals surface area contributed by atoms with Gasteiger partial charge in [-0.3, -0.25) is 14.3 Å². The van der Waals surface area contributed by atoms with Crippen molar-refractivity contribution < 1.29 is 14.7 Å². The highest BCUT2D eigenvalue weighted by Crippen LogP contribution is 2.09. The number of nitrogens with one attached hydrogen (secondary N) is 2. The highest BCUT2D eigenvalue weighted by atomic mass is 16.4. The first-order valence-electron chi connectivity index (χ1n) is 6.29. The highest BCUT2D eigenvalue weighted by molar-refractivity contribution is 5.92. The SMILES string of the molecule is CC(C)n1ccc(C(=O)N[C@@H]2CN[C@H](C(=O)O)C2)n1. The molecule has 2 rings (SSSR count). The van der Waals surface area contributed by atoms with Crippen molar-refractivity contribution in [3.05, 3.63) is 18.0 Å². The number of aromatic nitrogens is 2. The number of nitrogens with zero attached hydrogens (tertiary/aromatic N) is 2. The van der Waals surface area contributed by atoms with Gasteiger partial charge in [0.05, 0.1) is 0 Å². The summed E-state index contributed by atoms with van der Waals surface area (Å²) < 4.78 is 1.71. The second kappa shape index (κ2) is 5.40. The summed E-state index contributed by atoms with van der Waals surface area (Å²) in [4.78, 5) is 22.7. The molecule has 0 unspecified atom stereocenters. The van der Waals surface area contributed by atoms with E-state index >= 15 is 0 Å². The van der Waals surface area contributed by atoms with Gasteiger partial charge in [-0.25, -0.2) is 0 Å². The van der Waals surface area contributed by atoms with Crippen LogP contribution in [0.25, 0.3) is 0 Å². The quantitative estimate of drug-likeness (QED) is 0.713. The molecule has 1 aliphatic heterocycles. The van der Waals surface area contributed by atoms with E-state index in [2.05, 4.69) is 15.7 Å². The molecule has 19 heavy (non-hydrogen) atoms. The molecule has 1 aliphatic rings. The van der Waals surface area contributed by atoms with Crippen LogP contribution in [0.1, 0.15) is 36.8 Å². The van der Waals surface area contributed by atoms with Gasteiger partial charge in [0.15, 0.2) is 0 Å². The Balaban J connectivity index is 1.92. The van der Waals surface area contributed by atoms with E-state index in [1.165, 1.54) is 0 Å². The molecule has 0 bridgehead atoms. The van der Waals surface area contributed by atoms with E-state index in [0.717, 1.165) is 0 Å². The summed E-state index contributed by atoms with van der Waals surface area (Å²) in [6, 6.07) is 1.11. The largest absolute Gasteiger partial charge is 0.480 e. The molecule has 1 saturated heterocycles. The molecule has 2 heterocycles. The maximum Gasteiger partial charge on any atom is 0.320 e. The number of carbonyl (C=O) groups excluding carboxylic acids is 1. The van der Waals surface area contributed by atoms with E-state index in [4.69, 9.17) is 5.11 Å². The van der Waals surface area contributed by atoms with Crippen molar-refractivity contribution in [1.29, 1.82) is 0 Å². The predicted octanol–water partition coefficient (Wildman–Crippen LogP) is 0.00890. The van der Waals surface area contributed by atoms with Gasteiger partial charge in [0.25, 0.3) is 5.91 Å². The monoisotopic (exact) mass is 266 g/mol. The predicted molar refractivity (Wildman–Crippen MR) is 67.9 cm³/mol. The van der Waals surface area contributed by atoms with E-state index in [1.807, 2.05) is 13.8 Å². The zero-order valence-electron chi connectivity index (χ0n) is 11.0. The van der Waals surface area contributed by atoms with Crippen molar-refractivity contribution in [2.45, 2.75) is 38.4 Å². The van der Waals surface area contributed by atoms with Crippen molar-refractivity contribution in [3.63, 3.8) is 0 Å². The van der Waals surface area contributed by atoms with Crippen LogP contribution in [0.5, 0.6) is 0 Å². The second-order valence-corrected chi connectivity index (χ2v) is 4.98. The van der Waals surface area contributed by atoms with E-state index in [0.29, 0.717) is 18.7 Å².